The van der Waals surface area contributed by atoms with Gasteiger partial charge in [0.05, 0.1) is 12.6 Å². The third-order valence-electron chi connectivity index (χ3n) is 10.7. The van der Waals surface area contributed by atoms with E-state index in [4.69, 9.17) is 14.2 Å². The van der Waals surface area contributed by atoms with Crippen molar-refractivity contribution >= 4 is 11.9 Å². The SMILES string of the molecule is CCOc1ccc([C@H]2COc3cc4c(cc3O2)CN([C@@H](CC)c2ccccc2)[C@H](C(=O)NC(Cc2ccc(-c3ccnc(C)c3C)cc2)C(=O)O)C4)cc1. The maximum absolute atomic E-state index is 14.4. The van der Waals surface area contributed by atoms with Gasteiger partial charge in [0.2, 0.25) is 5.91 Å². The fraction of sp³-hybridized carbons (Fsp3) is 0.311. The first-order valence-electron chi connectivity index (χ1n) is 18.8. The summed E-state index contributed by atoms with van der Waals surface area (Å²) in [6.45, 7) is 9.55. The molecule has 278 valence electrons. The van der Waals surface area contributed by atoms with Crippen molar-refractivity contribution < 1.29 is 28.9 Å². The molecule has 0 aliphatic carbocycles. The van der Waals surface area contributed by atoms with Crippen LogP contribution in [-0.2, 0) is 29.0 Å². The molecule has 4 aromatic carbocycles. The largest absolute Gasteiger partial charge is 0.494 e. The lowest BCUT2D eigenvalue weighted by Gasteiger charge is -2.42. The van der Waals surface area contributed by atoms with Gasteiger partial charge in [0, 0.05) is 30.9 Å². The van der Waals surface area contributed by atoms with E-state index in [9.17, 15) is 14.7 Å². The van der Waals surface area contributed by atoms with E-state index in [-0.39, 0.29) is 24.5 Å². The number of hydrogen-bond donors (Lipinski definition) is 2. The maximum Gasteiger partial charge on any atom is 0.326 e. The molecule has 1 amide bonds. The molecule has 2 aliphatic rings. The summed E-state index contributed by atoms with van der Waals surface area (Å²) in [6, 6.07) is 30.2. The summed E-state index contributed by atoms with van der Waals surface area (Å²) in [6.07, 6.45) is 2.84. The number of fused-ring (bicyclic) bond motifs is 2. The summed E-state index contributed by atoms with van der Waals surface area (Å²) in [5.41, 5.74) is 9.15. The molecule has 5 aromatic rings. The Bertz CT molecular complexity index is 2100. The molecule has 1 aromatic heterocycles. The molecule has 0 saturated carbocycles. The van der Waals surface area contributed by atoms with Crippen LogP contribution in [0.5, 0.6) is 17.2 Å². The summed E-state index contributed by atoms with van der Waals surface area (Å²) < 4.78 is 18.4. The minimum absolute atomic E-state index is 0.0731. The molecule has 2 aliphatic heterocycles. The van der Waals surface area contributed by atoms with E-state index in [2.05, 4.69) is 34.3 Å². The van der Waals surface area contributed by atoms with Crippen LogP contribution in [0.3, 0.4) is 0 Å². The molecule has 2 N–H and O–H groups in total. The predicted octanol–water partition coefficient (Wildman–Crippen LogP) is 7.97. The van der Waals surface area contributed by atoms with Crippen LogP contribution in [0.4, 0.5) is 0 Å². The Balaban J connectivity index is 1.13. The van der Waals surface area contributed by atoms with Gasteiger partial charge in [0.15, 0.2) is 17.6 Å². The minimum atomic E-state index is -1.10. The molecule has 54 heavy (non-hydrogen) atoms. The average molecular weight is 726 g/mol. The van der Waals surface area contributed by atoms with Crippen LogP contribution in [0.1, 0.15) is 71.5 Å². The number of aromatic nitrogens is 1. The number of carbonyl (C=O) groups is 2. The molecule has 7 rings (SSSR count). The van der Waals surface area contributed by atoms with Gasteiger partial charge in [0.1, 0.15) is 18.4 Å². The molecule has 1 unspecified atom stereocenters. The number of amides is 1. The standard InChI is InChI=1S/C45H47N3O6/c1-5-39(32-10-8-7-9-11-32)48-26-35-25-42-41(53-27-43(54-42)33-16-18-36(19-17-33)52-6-2)24-34(35)23-40(48)44(49)47-38(45(50)51)22-30-12-14-31(15-13-30)37-20-21-46-29(4)28(37)3/h7-21,24-25,38-40,43H,5-6,22-23,26-27H2,1-4H3,(H,47,49)(H,50,51)/t38?,39-,40-,43+/m0/s1. The molecule has 0 radical (unpaired) electrons. The number of carbonyl (C=O) groups excluding carboxylic acids is 1. The second-order valence-electron chi connectivity index (χ2n) is 14.1. The van der Waals surface area contributed by atoms with Crippen LogP contribution in [0.25, 0.3) is 11.1 Å². The number of benzene rings is 4. The monoisotopic (exact) mass is 725 g/mol. The van der Waals surface area contributed by atoms with Crippen LogP contribution < -0.4 is 19.5 Å². The Morgan fingerprint density at radius 2 is 1.69 bits per heavy atom. The number of ether oxygens (including phenoxy) is 3. The minimum Gasteiger partial charge on any atom is -0.494 e. The van der Waals surface area contributed by atoms with Gasteiger partial charge in [-0.15, -0.1) is 0 Å². The van der Waals surface area contributed by atoms with Crippen molar-refractivity contribution in [3.05, 3.63) is 142 Å². The lowest BCUT2D eigenvalue weighted by Crippen LogP contribution is -2.55. The summed E-state index contributed by atoms with van der Waals surface area (Å²) in [5.74, 6) is 0.730. The van der Waals surface area contributed by atoms with E-state index in [0.29, 0.717) is 37.7 Å². The van der Waals surface area contributed by atoms with Gasteiger partial charge in [0.25, 0.3) is 0 Å². The van der Waals surface area contributed by atoms with E-state index < -0.39 is 18.1 Å². The van der Waals surface area contributed by atoms with Gasteiger partial charge in [-0.2, -0.15) is 0 Å². The van der Waals surface area contributed by atoms with Gasteiger partial charge in [-0.3, -0.25) is 14.7 Å². The number of hydrogen-bond acceptors (Lipinski definition) is 7. The number of nitrogens with zero attached hydrogens (tertiary/aromatic N) is 2. The first-order valence-corrected chi connectivity index (χ1v) is 18.8. The van der Waals surface area contributed by atoms with Gasteiger partial charge in [-0.25, -0.2) is 4.79 Å². The average Bonchev–Trinajstić information content (AvgIpc) is 3.19. The zero-order chi connectivity index (χ0) is 37.8. The first-order chi connectivity index (χ1) is 26.2. The highest BCUT2D eigenvalue weighted by Gasteiger charge is 2.38. The summed E-state index contributed by atoms with van der Waals surface area (Å²) in [7, 11) is 0. The third-order valence-corrected chi connectivity index (χ3v) is 10.7. The first kappa shape index (κ1) is 36.7. The highest BCUT2D eigenvalue weighted by atomic mass is 16.6. The smallest absolute Gasteiger partial charge is 0.326 e. The van der Waals surface area contributed by atoms with Crippen LogP contribution in [0.2, 0.25) is 0 Å². The van der Waals surface area contributed by atoms with Crippen LogP contribution in [-0.4, -0.2) is 52.2 Å². The Labute approximate surface area is 316 Å². The molecule has 0 saturated heterocycles. The molecule has 9 heteroatoms. The van der Waals surface area contributed by atoms with E-state index >= 15 is 0 Å². The van der Waals surface area contributed by atoms with Gasteiger partial charge in [-0.05, 0) is 108 Å². The second kappa shape index (κ2) is 16.1. The quantitative estimate of drug-likeness (QED) is 0.133. The highest BCUT2D eigenvalue weighted by Crippen LogP contribution is 2.42. The number of aliphatic carboxylic acids is 1. The molecular formula is C45H47N3O6. The summed E-state index contributed by atoms with van der Waals surface area (Å²) >= 11 is 0. The number of aryl methyl sites for hydroxylation is 1. The maximum atomic E-state index is 14.4. The number of carboxylic acid groups (broad SMARTS) is 1. The van der Waals surface area contributed by atoms with Crippen molar-refractivity contribution in [3.63, 3.8) is 0 Å². The lowest BCUT2D eigenvalue weighted by atomic mass is 9.89. The normalized spacial score (nSPS) is 17.6. The van der Waals surface area contributed by atoms with Crippen LogP contribution >= 0.6 is 0 Å². The van der Waals surface area contributed by atoms with Crippen molar-refractivity contribution in [1.82, 2.24) is 15.2 Å². The zero-order valence-electron chi connectivity index (χ0n) is 31.2. The van der Waals surface area contributed by atoms with Crippen LogP contribution in [0, 0.1) is 13.8 Å². The van der Waals surface area contributed by atoms with Crippen molar-refractivity contribution in [2.75, 3.05) is 13.2 Å². The van der Waals surface area contributed by atoms with E-state index in [1.807, 2.05) is 106 Å². The molecule has 3 heterocycles. The van der Waals surface area contributed by atoms with Gasteiger partial charge >= 0.3 is 5.97 Å². The van der Waals surface area contributed by atoms with Crippen molar-refractivity contribution in [3.8, 4) is 28.4 Å². The fourth-order valence-corrected chi connectivity index (χ4v) is 7.67. The topological polar surface area (TPSA) is 110 Å². The van der Waals surface area contributed by atoms with Gasteiger partial charge in [-0.1, -0.05) is 73.7 Å². The number of pyridine rings is 1. The summed E-state index contributed by atoms with van der Waals surface area (Å²) in [4.78, 5) is 33.6. The van der Waals surface area contributed by atoms with Crippen molar-refractivity contribution in [2.24, 2.45) is 0 Å². The Morgan fingerprint density at radius 1 is 0.944 bits per heavy atom. The number of carboxylic acids is 1. The lowest BCUT2D eigenvalue weighted by molar-refractivity contribution is -0.143. The van der Waals surface area contributed by atoms with Crippen molar-refractivity contribution in [1.29, 1.82) is 0 Å². The second-order valence-corrected chi connectivity index (χ2v) is 14.1. The molecule has 0 spiro atoms. The van der Waals surface area contributed by atoms with E-state index in [0.717, 1.165) is 62.4 Å². The Hall–Kier alpha value is -5.67. The molecular weight excluding hydrogens is 679 g/mol. The Kier molecular flexibility index (Phi) is 11.0. The zero-order valence-corrected chi connectivity index (χ0v) is 31.2. The van der Waals surface area contributed by atoms with Gasteiger partial charge < -0.3 is 24.6 Å². The third kappa shape index (κ3) is 7.82. The summed E-state index contributed by atoms with van der Waals surface area (Å²) in [5, 5.41) is 13.3. The predicted molar refractivity (Wildman–Crippen MR) is 208 cm³/mol. The fourth-order valence-electron chi connectivity index (χ4n) is 7.67. The molecule has 4 atom stereocenters. The van der Waals surface area contributed by atoms with E-state index in [1.54, 1.807) is 6.20 Å². The number of rotatable bonds is 12. The molecule has 9 nitrogen and oxygen atoms in total. The molecule has 0 bridgehead atoms. The molecule has 0 fully saturated rings. The highest BCUT2D eigenvalue weighted by molar-refractivity contribution is 5.87. The number of nitrogens with one attached hydrogen (secondary N) is 1. The Morgan fingerprint density at radius 3 is 2.39 bits per heavy atom. The van der Waals surface area contributed by atoms with Crippen molar-refractivity contribution in [2.45, 2.75) is 77.7 Å². The van der Waals surface area contributed by atoms with E-state index in [1.165, 1.54) is 0 Å². The van der Waals surface area contributed by atoms with Crippen LogP contribution in [0.15, 0.2) is 103 Å².